The molecule has 6 heteroatoms. The average Bonchev–Trinajstić information content (AvgIpc) is 2.55. The van der Waals surface area contributed by atoms with Crippen LogP contribution < -0.4 is 10.2 Å². The molecule has 0 unspecified atom stereocenters. The van der Waals surface area contributed by atoms with Gasteiger partial charge in [-0.05, 0) is 19.1 Å². The molecule has 21 heavy (non-hydrogen) atoms. The van der Waals surface area contributed by atoms with Crippen molar-refractivity contribution in [1.82, 2.24) is 15.0 Å². The molecular formula is C15H19N5O. The fraction of sp³-hybridized carbons (Fsp3) is 0.400. The maximum absolute atomic E-state index is 5.88. The zero-order valence-corrected chi connectivity index (χ0v) is 12.3. The Kier molecular flexibility index (Phi) is 3.96. The molecule has 0 saturated carbocycles. The molecule has 0 radical (unpaired) electrons. The molecule has 1 aliphatic rings. The molecule has 1 atom stereocenters. The van der Waals surface area contributed by atoms with E-state index >= 15 is 0 Å². The van der Waals surface area contributed by atoms with Crippen LogP contribution in [-0.4, -0.2) is 41.7 Å². The molecule has 3 heterocycles. The molecule has 1 N–H and O–H groups in total. The van der Waals surface area contributed by atoms with Crippen molar-refractivity contribution in [2.75, 3.05) is 37.0 Å². The van der Waals surface area contributed by atoms with E-state index in [1.807, 2.05) is 32.2 Å². The lowest BCUT2D eigenvalue weighted by Crippen LogP contribution is -2.39. The van der Waals surface area contributed by atoms with Gasteiger partial charge in [-0.1, -0.05) is 6.07 Å². The first-order chi connectivity index (χ1) is 10.3. The lowest BCUT2D eigenvalue weighted by Gasteiger charge is -2.33. The lowest BCUT2D eigenvalue weighted by atomic mass is 10.2. The van der Waals surface area contributed by atoms with Gasteiger partial charge in [0.05, 0.1) is 13.2 Å². The monoisotopic (exact) mass is 285 g/mol. The van der Waals surface area contributed by atoms with Crippen molar-refractivity contribution in [1.29, 1.82) is 0 Å². The Morgan fingerprint density at radius 3 is 2.95 bits per heavy atom. The van der Waals surface area contributed by atoms with E-state index in [4.69, 9.17) is 4.74 Å². The first-order valence-electron chi connectivity index (χ1n) is 7.07. The minimum absolute atomic E-state index is 0.0998. The topological polar surface area (TPSA) is 63.2 Å². The van der Waals surface area contributed by atoms with Crippen LogP contribution >= 0.6 is 0 Å². The van der Waals surface area contributed by atoms with E-state index in [2.05, 4.69) is 25.2 Å². The Hall–Kier alpha value is -2.21. The minimum Gasteiger partial charge on any atom is -0.372 e. The summed E-state index contributed by atoms with van der Waals surface area (Å²) >= 11 is 0. The van der Waals surface area contributed by atoms with Gasteiger partial charge in [-0.15, -0.1) is 0 Å². The van der Waals surface area contributed by atoms with Gasteiger partial charge in [-0.25, -0.2) is 9.97 Å². The van der Waals surface area contributed by atoms with Gasteiger partial charge in [0.2, 0.25) is 0 Å². The van der Waals surface area contributed by atoms with E-state index in [-0.39, 0.29) is 6.10 Å². The molecule has 1 aliphatic heterocycles. The second kappa shape index (κ2) is 6.05. The fourth-order valence-corrected chi connectivity index (χ4v) is 2.50. The van der Waals surface area contributed by atoms with Gasteiger partial charge in [-0.3, -0.25) is 4.98 Å². The highest BCUT2D eigenvalue weighted by molar-refractivity contribution is 5.44. The molecule has 2 aromatic heterocycles. The van der Waals surface area contributed by atoms with Crippen LogP contribution in [0, 0.1) is 6.92 Å². The van der Waals surface area contributed by atoms with Crippen molar-refractivity contribution < 1.29 is 4.74 Å². The molecule has 3 rings (SSSR count). The molecule has 110 valence electrons. The van der Waals surface area contributed by atoms with E-state index in [1.54, 1.807) is 12.4 Å². The number of anilines is 2. The maximum Gasteiger partial charge on any atom is 0.150 e. The lowest BCUT2D eigenvalue weighted by molar-refractivity contribution is 0.0370. The Balaban J connectivity index is 1.83. The van der Waals surface area contributed by atoms with E-state index < -0.39 is 0 Å². The first-order valence-corrected chi connectivity index (χ1v) is 7.07. The number of hydrogen-bond acceptors (Lipinski definition) is 6. The summed E-state index contributed by atoms with van der Waals surface area (Å²) < 4.78 is 5.88. The molecule has 2 aromatic rings. The molecule has 0 bridgehead atoms. The number of morpholine rings is 1. The number of aromatic nitrogens is 3. The third-order valence-electron chi connectivity index (χ3n) is 3.53. The summed E-state index contributed by atoms with van der Waals surface area (Å²) in [5.41, 5.74) is 1.86. The third kappa shape index (κ3) is 2.95. The van der Waals surface area contributed by atoms with E-state index in [1.165, 1.54) is 0 Å². The van der Waals surface area contributed by atoms with Gasteiger partial charge >= 0.3 is 0 Å². The van der Waals surface area contributed by atoms with Crippen LogP contribution in [-0.2, 0) is 4.74 Å². The third-order valence-corrected chi connectivity index (χ3v) is 3.53. The summed E-state index contributed by atoms with van der Waals surface area (Å²) in [5, 5.41) is 3.07. The van der Waals surface area contributed by atoms with Crippen LogP contribution in [0.25, 0.3) is 0 Å². The van der Waals surface area contributed by atoms with Crippen molar-refractivity contribution >= 4 is 11.6 Å². The summed E-state index contributed by atoms with van der Waals surface area (Å²) in [4.78, 5) is 15.5. The van der Waals surface area contributed by atoms with Crippen molar-refractivity contribution in [2.24, 2.45) is 0 Å². The van der Waals surface area contributed by atoms with Crippen LogP contribution in [0.5, 0.6) is 0 Å². The second-order valence-electron chi connectivity index (χ2n) is 4.98. The molecule has 0 aromatic carbocycles. The van der Waals surface area contributed by atoms with Crippen LogP contribution in [0.2, 0.25) is 0 Å². The first kappa shape index (κ1) is 13.8. The molecule has 1 fully saturated rings. The van der Waals surface area contributed by atoms with E-state index in [9.17, 15) is 0 Å². The molecule has 6 nitrogen and oxygen atoms in total. The average molecular weight is 285 g/mol. The molecule has 0 spiro atoms. The second-order valence-corrected chi connectivity index (χ2v) is 4.98. The van der Waals surface area contributed by atoms with Crippen molar-refractivity contribution in [3.8, 4) is 0 Å². The summed E-state index contributed by atoms with van der Waals surface area (Å²) in [7, 11) is 1.84. The Morgan fingerprint density at radius 1 is 1.29 bits per heavy atom. The van der Waals surface area contributed by atoms with E-state index in [0.717, 1.165) is 36.1 Å². The molecule has 0 amide bonds. The number of hydrogen-bond donors (Lipinski definition) is 1. The van der Waals surface area contributed by atoms with Crippen molar-refractivity contribution in [2.45, 2.75) is 13.0 Å². The van der Waals surface area contributed by atoms with Crippen LogP contribution in [0.4, 0.5) is 11.6 Å². The molecule has 0 aliphatic carbocycles. The summed E-state index contributed by atoms with van der Waals surface area (Å²) in [6.07, 6.45) is 3.28. The predicted molar refractivity (Wildman–Crippen MR) is 81.5 cm³/mol. The zero-order valence-electron chi connectivity index (χ0n) is 12.3. The van der Waals surface area contributed by atoms with Crippen LogP contribution in [0.3, 0.4) is 0 Å². The van der Waals surface area contributed by atoms with E-state index in [0.29, 0.717) is 6.61 Å². The maximum atomic E-state index is 5.88. The van der Waals surface area contributed by atoms with Gasteiger partial charge in [0.1, 0.15) is 23.4 Å². The largest absolute Gasteiger partial charge is 0.372 e. The van der Waals surface area contributed by atoms with Gasteiger partial charge < -0.3 is 15.0 Å². The van der Waals surface area contributed by atoms with Gasteiger partial charge in [0, 0.05) is 31.7 Å². The SMILES string of the molecule is CNc1nccnc1[C@H]1CN(c2cccc(C)n2)CCO1. The van der Waals surface area contributed by atoms with Crippen LogP contribution in [0.15, 0.2) is 30.6 Å². The number of rotatable bonds is 3. The number of ether oxygens (including phenoxy) is 1. The predicted octanol–water partition coefficient (Wildman–Crippen LogP) is 1.80. The minimum atomic E-state index is -0.0998. The quantitative estimate of drug-likeness (QED) is 0.928. The Bertz CT molecular complexity index is 619. The van der Waals surface area contributed by atoms with Crippen molar-refractivity contribution in [3.63, 3.8) is 0 Å². The van der Waals surface area contributed by atoms with Gasteiger partial charge in [-0.2, -0.15) is 0 Å². The highest BCUT2D eigenvalue weighted by Gasteiger charge is 2.26. The standard InChI is InChI=1S/C15H19N5O/c1-11-4-3-5-13(19-11)20-8-9-21-12(10-20)14-15(16-2)18-7-6-17-14/h3-7,12H,8-10H2,1-2H3,(H,16,18)/t12-/m1/s1. The summed E-state index contributed by atoms with van der Waals surface area (Å²) in [5.74, 6) is 1.75. The van der Waals surface area contributed by atoms with Gasteiger partial charge in [0.25, 0.3) is 0 Å². The normalized spacial score (nSPS) is 18.6. The number of nitrogens with one attached hydrogen (secondary N) is 1. The molecule has 1 saturated heterocycles. The fourth-order valence-electron chi connectivity index (χ4n) is 2.50. The number of pyridine rings is 1. The Morgan fingerprint density at radius 2 is 2.14 bits per heavy atom. The van der Waals surface area contributed by atoms with Crippen molar-refractivity contribution in [3.05, 3.63) is 42.0 Å². The summed E-state index contributed by atoms with van der Waals surface area (Å²) in [6, 6.07) is 6.07. The van der Waals surface area contributed by atoms with Gasteiger partial charge in [0.15, 0.2) is 0 Å². The highest BCUT2D eigenvalue weighted by Crippen LogP contribution is 2.27. The van der Waals surface area contributed by atoms with Crippen LogP contribution in [0.1, 0.15) is 17.5 Å². The number of aryl methyl sites for hydroxylation is 1. The zero-order chi connectivity index (χ0) is 14.7. The molecular weight excluding hydrogens is 266 g/mol. The number of nitrogens with zero attached hydrogens (tertiary/aromatic N) is 4. The Labute approximate surface area is 124 Å². The highest BCUT2D eigenvalue weighted by atomic mass is 16.5. The smallest absolute Gasteiger partial charge is 0.150 e. The summed E-state index contributed by atoms with van der Waals surface area (Å²) in [6.45, 7) is 4.22.